The Morgan fingerprint density at radius 3 is 2.58 bits per heavy atom. The Balaban J connectivity index is 2.14. The monoisotopic (exact) mass is 341 g/mol. The summed E-state index contributed by atoms with van der Waals surface area (Å²) in [4.78, 5) is 26.0. The summed E-state index contributed by atoms with van der Waals surface area (Å²) >= 11 is 1.55. The summed E-state index contributed by atoms with van der Waals surface area (Å²) in [7, 11) is 0. The fourth-order valence-electron chi connectivity index (χ4n) is 2.53. The van der Waals surface area contributed by atoms with E-state index >= 15 is 0 Å². The van der Waals surface area contributed by atoms with Gasteiger partial charge in [-0.2, -0.15) is 5.26 Å². The smallest absolute Gasteiger partial charge is 0.272 e. The van der Waals surface area contributed by atoms with Crippen molar-refractivity contribution in [2.75, 3.05) is 5.75 Å². The molecule has 0 radical (unpaired) electrons. The third kappa shape index (κ3) is 2.94. The lowest BCUT2D eigenvalue weighted by atomic mass is 9.95. The Morgan fingerprint density at radius 1 is 1.33 bits per heavy atom. The highest BCUT2D eigenvalue weighted by molar-refractivity contribution is 7.99. The molecule has 6 nitrogen and oxygen atoms in total. The minimum absolute atomic E-state index is 0.0561. The molecule has 2 aromatic heterocycles. The van der Waals surface area contributed by atoms with Crippen molar-refractivity contribution in [1.29, 1.82) is 5.26 Å². The van der Waals surface area contributed by atoms with E-state index in [1.54, 1.807) is 28.7 Å². The normalized spacial score (nSPS) is 17.2. The highest BCUT2D eigenvalue weighted by atomic mass is 32.2. The zero-order valence-corrected chi connectivity index (χ0v) is 15.0. The van der Waals surface area contributed by atoms with Gasteiger partial charge in [0.2, 0.25) is 0 Å². The van der Waals surface area contributed by atoms with Gasteiger partial charge in [0.05, 0.1) is 5.69 Å². The molecular formula is C17H19N5OS. The number of nitrogens with zero attached hydrogens (tertiary/aromatic N) is 5. The van der Waals surface area contributed by atoms with E-state index in [-0.39, 0.29) is 16.5 Å². The van der Waals surface area contributed by atoms with Gasteiger partial charge in [-0.15, -0.1) is 0 Å². The Bertz CT molecular complexity index is 874. The average Bonchev–Trinajstić information content (AvgIpc) is 2.54. The molecule has 0 bridgehead atoms. The lowest BCUT2D eigenvalue weighted by molar-refractivity contribution is 0.460. The van der Waals surface area contributed by atoms with E-state index in [0.717, 1.165) is 5.75 Å². The Hall–Kier alpha value is -2.20. The predicted octanol–water partition coefficient (Wildman–Crippen LogP) is 2.61. The molecule has 3 rings (SSSR count). The second kappa shape index (κ2) is 6.02. The van der Waals surface area contributed by atoms with Crippen molar-refractivity contribution in [2.45, 2.75) is 44.8 Å². The van der Waals surface area contributed by atoms with Crippen molar-refractivity contribution in [3.8, 4) is 17.3 Å². The first-order valence-electron chi connectivity index (χ1n) is 7.82. The van der Waals surface area contributed by atoms with Gasteiger partial charge < -0.3 is 0 Å². The molecule has 0 N–H and O–H groups in total. The number of aromatic nitrogens is 4. The minimum Gasteiger partial charge on any atom is -0.286 e. The summed E-state index contributed by atoms with van der Waals surface area (Å²) < 4.78 is 1.60. The largest absolute Gasteiger partial charge is 0.286 e. The van der Waals surface area contributed by atoms with E-state index in [1.807, 2.05) is 26.8 Å². The fraction of sp³-hybridized carbons (Fsp3) is 0.471. The van der Waals surface area contributed by atoms with Gasteiger partial charge in [-0.25, -0.2) is 15.0 Å². The summed E-state index contributed by atoms with van der Waals surface area (Å²) in [6.45, 7) is 8.78. The van der Waals surface area contributed by atoms with Crippen LogP contribution in [0.4, 0.5) is 0 Å². The lowest BCUT2D eigenvalue weighted by Gasteiger charge is -2.23. The second-order valence-electron chi connectivity index (χ2n) is 7.11. The molecule has 0 aliphatic carbocycles. The van der Waals surface area contributed by atoms with Crippen molar-refractivity contribution in [3.63, 3.8) is 0 Å². The van der Waals surface area contributed by atoms with E-state index in [1.165, 1.54) is 0 Å². The van der Waals surface area contributed by atoms with Crippen LogP contribution in [0.3, 0.4) is 0 Å². The molecule has 2 aromatic rings. The molecular weight excluding hydrogens is 322 g/mol. The molecule has 7 heteroatoms. The van der Waals surface area contributed by atoms with Gasteiger partial charge in [0.25, 0.3) is 5.56 Å². The summed E-state index contributed by atoms with van der Waals surface area (Å²) in [5.74, 6) is 2.01. The molecule has 1 aliphatic rings. The standard InChI is InChI=1S/C17H19N5OS/c1-10-8-22-14(23)12(5-18)13(21-16(22)24-9-10)11-6-19-15(20-7-11)17(2,3)4/h6-7,10H,8-9H2,1-4H3/t10-/m1/s1. The zero-order valence-electron chi connectivity index (χ0n) is 14.2. The van der Waals surface area contributed by atoms with Crippen LogP contribution in [0, 0.1) is 17.2 Å². The lowest BCUT2D eigenvalue weighted by Crippen LogP contribution is -2.32. The maximum Gasteiger partial charge on any atom is 0.272 e. The number of fused-ring (bicyclic) bond motifs is 1. The topological polar surface area (TPSA) is 84.5 Å². The van der Waals surface area contributed by atoms with Crippen molar-refractivity contribution in [1.82, 2.24) is 19.5 Å². The third-order valence-electron chi connectivity index (χ3n) is 3.83. The van der Waals surface area contributed by atoms with Crippen molar-refractivity contribution in [2.24, 2.45) is 5.92 Å². The number of hydrogen-bond donors (Lipinski definition) is 0. The first-order valence-corrected chi connectivity index (χ1v) is 8.80. The van der Waals surface area contributed by atoms with Gasteiger partial charge in [-0.3, -0.25) is 9.36 Å². The summed E-state index contributed by atoms with van der Waals surface area (Å²) in [6, 6.07) is 2.01. The highest BCUT2D eigenvalue weighted by Crippen LogP contribution is 2.28. The van der Waals surface area contributed by atoms with Crippen LogP contribution in [0.5, 0.6) is 0 Å². The molecule has 1 atom stereocenters. The predicted molar refractivity (Wildman–Crippen MR) is 92.8 cm³/mol. The van der Waals surface area contributed by atoms with E-state index in [4.69, 9.17) is 0 Å². The molecule has 0 saturated heterocycles. The van der Waals surface area contributed by atoms with Crippen LogP contribution in [-0.2, 0) is 12.0 Å². The van der Waals surface area contributed by atoms with E-state index < -0.39 is 0 Å². The minimum atomic E-state index is -0.281. The van der Waals surface area contributed by atoms with Gasteiger partial charge in [0.15, 0.2) is 5.16 Å². The second-order valence-corrected chi connectivity index (χ2v) is 8.09. The molecule has 0 aromatic carbocycles. The summed E-state index contributed by atoms with van der Waals surface area (Å²) in [5.41, 5.74) is 0.582. The Morgan fingerprint density at radius 2 is 2.00 bits per heavy atom. The quantitative estimate of drug-likeness (QED) is 0.741. The van der Waals surface area contributed by atoms with Crippen molar-refractivity contribution in [3.05, 3.63) is 34.1 Å². The van der Waals surface area contributed by atoms with E-state index in [9.17, 15) is 10.1 Å². The van der Waals surface area contributed by atoms with Gasteiger partial charge in [0, 0.05) is 35.7 Å². The molecule has 0 fully saturated rings. The zero-order chi connectivity index (χ0) is 17.5. The highest BCUT2D eigenvalue weighted by Gasteiger charge is 2.24. The number of rotatable bonds is 1. The maximum absolute atomic E-state index is 12.7. The fourth-order valence-corrected chi connectivity index (χ4v) is 3.54. The average molecular weight is 341 g/mol. The van der Waals surface area contributed by atoms with Gasteiger partial charge >= 0.3 is 0 Å². The molecule has 1 aliphatic heterocycles. The molecule has 3 heterocycles. The maximum atomic E-state index is 12.7. The van der Waals surface area contributed by atoms with Gasteiger partial charge in [-0.1, -0.05) is 39.5 Å². The van der Waals surface area contributed by atoms with Crippen LogP contribution in [0.2, 0.25) is 0 Å². The van der Waals surface area contributed by atoms with Crippen LogP contribution in [0.25, 0.3) is 11.3 Å². The van der Waals surface area contributed by atoms with Crippen LogP contribution in [0.1, 0.15) is 39.1 Å². The van der Waals surface area contributed by atoms with Crippen LogP contribution in [0.15, 0.2) is 22.3 Å². The first-order chi connectivity index (χ1) is 11.3. The summed E-state index contributed by atoms with van der Waals surface area (Å²) in [5, 5.41) is 10.1. The molecule has 0 amide bonds. The Labute approximate surface area is 145 Å². The van der Waals surface area contributed by atoms with Crippen LogP contribution >= 0.6 is 11.8 Å². The van der Waals surface area contributed by atoms with Gasteiger partial charge in [0.1, 0.15) is 17.5 Å². The van der Waals surface area contributed by atoms with E-state index in [2.05, 4.69) is 21.9 Å². The van der Waals surface area contributed by atoms with Crippen molar-refractivity contribution < 1.29 is 0 Å². The molecule has 124 valence electrons. The molecule has 0 spiro atoms. The van der Waals surface area contributed by atoms with E-state index in [0.29, 0.717) is 34.7 Å². The third-order valence-corrected chi connectivity index (χ3v) is 5.14. The van der Waals surface area contributed by atoms with Gasteiger partial charge in [-0.05, 0) is 5.92 Å². The summed E-state index contributed by atoms with van der Waals surface area (Å²) in [6.07, 6.45) is 3.28. The number of hydrogen-bond acceptors (Lipinski definition) is 6. The SMILES string of the molecule is C[C@H]1CSc2nc(-c3cnc(C(C)(C)C)nc3)c(C#N)c(=O)n2C1. The molecule has 0 saturated carbocycles. The van der Waals surface area contributed by atoms with Crippen molar-refractivity contribution >= 4 is 11.8 Å². The first kappa shape index (κ1) is 16.7. The van der Waals surface area contributed by atoms with Crippen LogP contribution in [-0.4, -0.2) is 25.3 Å². The molecule has 0 unspecified atom stereocenters. The number of nitriles is 1. The Kier molecular flexibility index (Phi) is 4.18. The van der Waals surface area contributed by atoms with Crippen LogP contribution < -0.4 is 5.56 Å². The molecule has 24 heavy (non-hydrogen) atoms. The number of thioether (sulfide) groups is 1.